The van der Waals surface area contributed by atoms with Gasteiger partial charge < -0.3 is 4.74 Å². The van der Waals surface area contributed by atoms with E-state index >= 15 is 0 Å². The number of hydrogen-bond donors (Lipinski definition) is 1. The predicted molar refractivity (Wildman–Crippen MR) is 126 cm³/mol. The molecule has 2 atom stereocenters. The van der Waals surface area contributed by atoms with Gasteiger partial charge in [-0.1, -0.05) is 35.0 Å². The average molecular weight is 553 g/mol. The molecule has 8 nitrogen and oxygen atoms in total. The van der Waals surface area contributed by atoms with Gasteiger partial charge in [0.2, 0.25) is 0 Å². The van der Waals surface area contributed by atoms with Crippen molar-refractivity contribution in [1.82, 2.24) is 5.32 Å². The topological polar surface area (TPSA) is 91.0 Å². The lowest BCUT2D eigenvalue weighted by Crippen LogP contribution is -2.51. The lowest BCUT2D eigenvalue weighted by Gasteiger charge is -2.42. The van der Waals surface area contributed by atoms with Crippen molar-refractivity contribution in [2.75, 3.05) is 11.5 Å². The summed E-state index contributed by atoms with van der Waals surface area (Å²) in [4.78, 5) is 14.2. The summed E-state index contributed by atoms with van der Waals surface area (Å²) in [6.45, 7) is 3.75. The maximum Gasteiger partial charge on any atom is 0.416 e. The van der Waals surface area contributed by atoms with Crippen LogP contribution in [0.1, 0.15) is 49.4 Å². The minimum absolute atomic E-state index is 0.153. The number of carbonyl (C=O) groups is 1. The van der Waals surface area contributed by atoms with Gasteiger partial charge in [0.25, 0.3) is 5.79 Å². The zero-order valence-electron chi connectivity index (χ0n) is 19.1. The molecule has 2 aromatic carbocycles. The van der Waals surface area contributed by atoms with E-state index in [4.69, 9.17) is 4.74 Å². The van der Waals surface area contributed by atoms with Gasteiger partial charge in [-0.3, -0.25) is 10.2 Å². The summed E-state index contributed by atoms with van der Waals surface area (Å²) in [7, 11) is 0. The Labute approximate surface area is 208 Å². The van der Waals surface area contributed by atoms with E-state index < -0.39 is 29.7 Å². The van der Waals surface area contributed by atoms with Crippen LogP contribution in [0.25, 0.3) is 0 Å². The molecule has 0 spiro atoms. The summed E-state index contributed by atoms with van der Waals surface area (Å²) >= 11 is 3.44. The number of anilines is 1. The molecule has 2 aliphatic heterocycles. The smallest absolute Gasteiger partial charge is 0.416 e. The summed E-state index contributed by atoms with van der Waals surface area (Å²) in [5.41, 5.74) is 0.740. The molecule has 0 saturated carbocycles. The first-order valence-electron chi connectivity index (χ1n) is 11.2. The Morgan fingerprint density at radius 2 is 1.94 bits per heavy atom. The molecule has 4 rings (SSSR count). The van der Waals surface area contributed by atoms with E-state index in [2.05, 4.69) is 41.9 Å². The third-order valence-electron chi connectivity index (χ3n) is 6.00. The molecule has 1 N–H and O–H groups in total. The SMILES string of the molecule is CCOC(=O)N1c2ccc(C(F)(F)F)cc2[C@@H](NC2(Cc3cccc(Br)c3)N=NN=N2)C[C@H]1CC. The van der Waals surface area contributed by atoms with Gasteiger partial charge in [-0.05, 0) is 71.7 Å². The van der Waals surface area contributed by atoms with Crippen LogP contribution in [0.5, 0.6) is 0 Å². The van der Waals surface area contributed by atoms with Crippen molar-refractivity contribution in [3.63, 3.8) is 0 Å². The fourth-order valence-corrected chi connectivity index (χ4v) is 4.90. The first-order chi connectivity index (χ1) is 16.7. The minimum Gasteiger partial charge on any atom is -0.449 e. The van der Waals surface area contributed by atoms with Crippen LogP contribution in [0, 0.1) is 0 Å². The second-order valence-electron chi connectivity index (χ2n) is 8.34. The van der Waals surface area contributed by atoms with Crippen molar-refractivity contribution in [3.8, 4) is 0 Å². The Balaban J connectivity index is 1.76. The van der Waals surface area contributed by atoms with Crippen LogP contribution < -0.4 is 10.2 Å². The van der Waals surface area contributed by atoms with Gasteiger partial charge in [0.15, 0.2) is 0 Å². The van der Waals surface area contributed by atoms with Crippen molar-refractivity contribution in [2.24, 2.45) is 20.7 Å². The molecule has 186 valence electrons. The summed E-state index contributed by atoms with van der Waals surface area (Å²) in [5, 5.41) is 19.1. The summed E-state index contributed by atoms with van der Waals surface area (Å²) in [5.74, 6) is -1.29. The molecule has 0 bridgehead atoms. The first-order valence-corrected chi connectivity index (χ1v) is 12.0. The van der Waals surface area contributed by atoms with Crippen molar-refractivity contribution in [2.45, 2.75) is 57.2 Å². The number of amides is 1. The number of carbonyl (C=O) groups excluding carboxylic acids is 1. The molecule has 0 radical (unpaired) electrons. The largest absolute Gasteiger partial charge is 0.449 e. The van der Waals surface area contributed by atoms with Crippen LogP contribution in [0.15, 0.2) is 67.6 Å². The first kappa shape index (κ1) is 25.2. The normalized spacial score (nSPS) is 20.7. The highest BCUT2D eigenvalue weighted by Gasteiger charge is 2.43. The summed E-state index contributed by atoms with van der Waals surface area (Å²) < 4.78 is 46.9. The number of benzene rings is 2. The number of fused-ring (bicyclic) bond motifs is 1. The Bertz CT molecular complexity index is 1140. The lowest BCUT2D eigenvalue weighted by atomic mass is 9.88. The molecule has 35 heavy (non-hydrogen) atoms. The maximum atomic E-state index is 13.6. The molecule has 0 saturated heterocycles. The van der Waals surface area contributed by atoms with Crippen molar-refractivity contribution >= 4 is 27.7 Å². The zero-order valence-corrected chi connectivity index (χ0v) is 20.7. The fraction of sp³-hybridized carbons (Fsp3) is 0.435. The van der Waals surface area contributed by atoms with Gasteiger partial charge in [0, 0.05) is 23.0 Å². The van der Waals surface area contributed by atoms with Gasteiger partial charge in [-0.25, -0.2) is 4.79 Å². The van der Waals surface area contributed by atoms with E-state index in [1.165, 1.54) is 11.0 Å². The van der Waals surface area contributed by atoms with E-state index in [9.17, 15) is 18.0 Å². The highest BCUT2D eigenvalue weighted by molar-refractivity contribution is 9.10. The van der Waals surface area contributed by atoms with Gasteiger partial charge in [0.1, 0.15) is 0 Å². The number of hydrogen-bond acceptors (Lipinski definition) is 7. The Hall–Kier alpha value is -2.86. The van der Waals surface area contributed by atoms with Crippen molar-refractivity contribution in [3.05, 3.63) is 63.6 Å². The third kappa shape index (κ3) is 5.37. The zero-order chi connectivity index (χ0) is 25.2. The predicted octanol–water partition coefficient (Wildman–Crippen LogP) is 6.97. The van der Waals surface area contributed by atoms with Crippen LogP contribution in [0.2, 0.25) is 0 Å². The standard InChI is InChI=1S/C23H24BrF3N6O2/c1-3-17-12-19(28-22(29-31-32-30-22)13-14-6-5-7-16(24)10-14)18-11-15(23(25,26)27)8-9-20(18)33(17)21(34)35-4-2/h5-11,17,19,28H,3-4,12-13H2,1-2H3/t17-,19+/m1/s1. The fourth-order valence-electron chi connectivity index (χ4n) is 4.45. The van der Waals surface area contributed by atoms with Crippen LogP contribution in [0.4, 0.5) is 23.7 Å². The minimum atomic E-state index is -4.54. The molecule has 2 aromatic rings. The second-order valence-corrected chi connectivity index (χ2v) is 9.25. The highest BCUT2D eigenvalue weighted by Crippen LogP contribution is 2.43. The maximum absolute atomic E-state index is 13.6. The van der Waals surface area contributed by atoms with E-state index in [1.807, 2.05) is 31.2 Å². The molecule has 1 amide bonds. The van der Waals surface area contributed by atoms with Gasteiger partial charge in [-0.15, -0.1) is 10.2 Å². The highest BCUT2D eigenvalue weighted by atomic mass is 79.9. The Morgan fingerprint density at radius 3 is 2.57 bits per heavy atom. The second kappa shape index (κ2) is 10.0. The monoisotopic (exact) mass is 552 g/mol. The van der Waals surface area contributed by atoms with Gasteiger partial charge in [0.05, 0.1) is 17.9 Å². The Morgan fingerprint density at radius 1 is 1.20 bits per heavy atom. The van der Waals surface area contributed by atoms with E-state index in [0.717, 1.165) is 22.2 Å². The van der Waals surface area contributed by atoms with E-state index in [-0.39, 0.29) is 19.1 Å². The number of alkyl halides is 3. The molecule has 0 aliphatic carbocycles. The lowest BCUT2D eigenvalue weighted by molar-refractivity contribution is -0.137. The van der Waals surface area contributed by atoms with Crippen LogP contribution in [-0.2, 0) is 17.3 Å². The Kier molecular flexibility index (Phi) is 7.22. The average Bonchev–Trinajstić information content (AvgIpc) is 3.25. The van der Waals surface area contributed by atoms with E-state index in [1.54, 1.807) is 6.92 Å². The molecule has 12 heteroatoms. The molecule has 2 heterocycles. The van der Waals surface area contributed by atoms with Crippen molar-refractivity contribution in [1.29, 1.82) is 0 Å². The molecular formula is C23H24BrF3N6O2. The summed E-state index contributed by atoms with van der Waals surface area (Å²) in [6.07, 6.45) is -3.96. The molecular weight excluding hydrogens is 529 g/mol. The van der Waals surface area contributed by atoms with E-state index in [0.29, 0.717) is 24.1 Å². The van der Waals surface area contributed by atoms with Gasteiger partial charge >= 0.3 is 12.3 Å². The molecule has 2 aliphatic rings. The van der Waals surface area contributed by atoms with Crippen LogP contribution >= 0.6 is 15.9 Å². The molecule has 0 unspecified atom stereocenters. The number of rotatable bonds is 6. The third-order valence-corrected chi connectivity index (χ3v) is 6.50. The van der Waals surface area contributed by atoms with Crippen molar-refractivity contribution < 1.29 is 22.7 Å². The molecule has 0 fully saturated rings. The number of halogens is 4. The van der Waals surface area contributed by atoms with Gasteiger partial charge in [-0.2, -0.15) is 13.2 Å². The number of nitrogens with one attached hydrogen (secondary N) is 1. The molecule has 0 aromatic heterocycles. The van der Waals surface area contributed by atoms with Crippen LogP contribution in [0.3, 0.4) is 0 Å². The number of nitrogens with zero attached hydrogens (tertiary/aromatic N) is 5. The quantitative estimate of drug-likeness (QED) is 0.419. The summed E-state index contributed by atoms with van der Waals surface area (Å²) in [6, 6.07) is 10.0. The number of ether oxygens (including phenoxy) is 1. The van der Waals surface area contributed by atoms with Crippen LogP contribution in [-0.4, -0.2) is 24.5 Å².